The summed E-state index contributed by atoms with van der Waals surface area (Å²) in [6, 6.07) is -1.02. The molecule has 1 aliphatic heterocycles. The molecule has 0 aromatic heterocycles. The number of alkyl halides is 2. The van der Waals surface area contributed by atoms with Crippen molar-refractivity contribution in [1.82, 2.24) is 5.32 Å². The van der Waals surface area contributed by atoms with Crippen molar-refractivity contribution in [2.24, 2.45) is 5.92 Å². The van der Waals surface area contributed by atoms with Crippen molar-refractivity contribution >= 4 is 5.97 Å². The SMILES string of the molecule is CCOC(=O)[C@H]1N[C@@H]2C[C@@H]1C(F)(F)C2. The van der Waals surface area contributed by atoms with Crippen LogP contribution in [-0.4, -0.2) is 30.6 Å². The molecule has 14 heavy (non-hydrogen) atoms. The second-order valence-electron chi connectivity index (χ2n) is 3.90. The molecule has 1 saturated heterocycles. The summed E-state index contributed by atoms with van der Waals surface area (Å²) in [6.45, 7) is 1.91. The summed E-state index contributed by atoms with van der Waals surface area (Å²) in [5, 5.41) is 2.88. The highest BCUT2D eigenvalue weighted by Gasteiger charge is 2.59. The summed E-state index contributed by atoms with van der Waals surface area (Å²) in [6.07, 6.45) is 0.240. The molecule has 0 radical (unpaired) electrons. The van der Waals surface area contributed by atoms with Crippen molar-refractivity contribution in [2.45, 2.75) is 37.8 Å². The van der Waals surface area contributed by atoms with Gasteiger partial charge in [-0.3, -0.25) is 4.79 Å². The van der Waals surface area contributed by atoms with Gasteiger partial charge in [0.05, 0.1) is 12.5 Å². The maximum atomic E-state index is 13.2. The predicted octanol–water partition coefficient (Wildman–Crippen LogP) is 0.935. The van der Waals surface area contributed by atoms with Gasteiger partial charge in [0.15, 0.2) is 0 Å². The van der Waals surface area contributed by atoms with Crippen LogP contribution in [-0.2, 0) is 9.53 Å². The summed E-state index contributed by atoms with van der Waals surface area (Å²) in [5.41, 5.74) is 0. The molecule has 2 bridgehead atoms. The predicted molar refractivity (Wildman–Crippen MR) is 45.0 cm³/mol. The number of nitrogens with one attached hydrogen (secondary N) is 1. The first kappa shape index (κ1) is 9.83. The minimum absolute atomic E-state index is 0.145. The van der Waals surface area contributed by atoms with E-state index in [0.29, 0.717) is 6.42 Å². The van der Waals surface area contributed by atoms with E-state index in [4.69, 9.17) is 4.74 Å². The number of ether oxygens (including phenoxy) is 1. The lowest BCUT2D eigenvalue weighted by Crippen LogP contribution is -2.50. The number of carbonyl (C=O) groups excluding carboxylic acids is 1. The molecule has 2 rings (SSSR count). The summed E-state index contributed by atoms with van der Waals surface area (Å²) in [4.78, 5) is 11.3. The number of piperidine rings is 1. The second kappa shape index (κ2) is 3.15. The highest BCUT2D eigenvalue weighted by atomic mass is 19.3. The Morgan fingerprint density at radius 1 is 1.64 bits per heavy atom. The van der Waals surface area contributed by atoms with Gasteiger partial charge >= 0.3 is 5.97 Å². The topological polar surface area (TPSA) is 38.3 Å². The molecule has 1 N–H and O–H groups in total. The molecular weight excluding hydrogens is 192 g/mol. The van der Waals surface area contributed by atoms with E-state index in [1.165, 1.54) is 0 Å². The maximum absolute atomic E-state index is 13.2. The molecule has 1 saturated carbocycles. The number of halogens is 2. The summed E-state index contributed by atoms with van der Waals surface area (Å²) in [5.74, 6) is -4.11. The lowest BCUT2D eigenvalue weighted by molar-refractivity contribution is -0.153. The van der Waals surface area contributed by atoms with E-state index in [9.17, 15) is 13.6 Å². The normalized spacial score (nSPS) is 38.6. The zero-order chi connectivity index (χ0) is 10.3. The molecular formula is C9H13F2NO2. The van der Waals surface area contributed by atoms with Gasteiger partial charge in [0, 0.05) is 12.5 Å². The Bertz CT molecular complexity index is 257. The fourth-order valence-electron chi connectivity index (χ4n) is 2.38. The average molecular weight is 205 g/mol. The summed E-state index contributed by atoms with van der Waals surface area (Å²) >= 11 is 0. The van der Waals surface area contributed by atoms with E-state index in [1.807, 2.05) is 0 Å². The molecule has 0 spiro atoms. The fourth-order valence-corrected chi connectivity index (χ4v) is 2.38. The number of carbonyl (C=O) groups is 1. The van der Waals surface area contributed by atoms with Gasteiger partial charge in [-0.2, -0.15) is 0 Å². The highest BCUT2D eigenvalue weighted by molar-refractivity contribution is 5.77. The van der Waals surface area contributed by atoms with E-state index in [1.54, 1.807) is 6.92 Å². The first-order valence-electron chi connectivity index (χ1n) is 4.85. The Morgan fingerprint density at radius 3 is 2.86 bits per heavy atom. The molecule has 0 aromatic rings. The van der Waals surface area contributed by atoms with Gasteiger partial charge in [0.1, 0.15) is 6.04 Å². The smallest absolute Gasteiger partial charge is 0.323 e. The third kappa shape index (κ3) is 1.39. The number of fused-ring (bicyclic) bond motifs is 2. The average Bonchev–Trinajstić information content (AvgIpc) is 2.59. The Kier molecular flexibility index (Phi) is 2.21. The zero-order valence-electron chi connectivity index (χ0n) is 7.93. The zero-order valence-corrected chi connectivity index (χ0v) is 7.93. The lowest BCUT2D eigenvalue weighted by Gasteiger charge is -2.28. The fraction of sp³-hybridized carbons (Fsp3) is 0.889. The van der Waals surface area contributed by atoms with E-state index in [2.05, 4.69) is 5.32 Å². The molecule has 3 nitrogen and oxygen atoms in total. The third-order valence-corrected chi connectivity index (χ3v) is 2.96. The van der Waals surface area contributed by atoms with Crippen molar-refractivity contribution in [1.29, 1.82) is 0 Å². The molecule has 2 fully saturated rings. The van der Waals surface area contributed by atoms with Crippen LogP contribution < -0.4 is 5.32 Å². The van der Waals surface area contributed by atoms with Gasteiger partial charge < -0.3 is 10.1 Å². The first-order chi connectivity index (χ1) is 6.54. The largest absolute Gasteiger partial charge is 0.465 e. The van der Waals surface area contributed by atoms with Crippen molar-refractivity contribution < 1.29 is 18.3 Å². The third-order valence-electron chi connectivity index (χ3n) is 2.96. The van der Waals surface area contributed by atoms with Crippen LogP contribution in [0, 0.1) is 5.92 Å². The van der Waals surface area contributed by atoms with Gasteiger partial charge in [0.2, 0.25) is 0 Å². The van der Waals surface area contributed by atoms with E-state index in [-0.39, 0.29) is 19.1 Å². The van der Waals surface area contributed by atoms with Gasteiger partial charge in [-0.05, 0) is 13.3 Å². The number of rotatable bonds is 2. The highest BCUT2D eigenvalue weighted by Crippen LogP contribution is 2.47. The molecule has 0 aromatic carbocycles. The van der Waals surface area contributed by atoms with Crippen LogP contribution in [0.5, 0.6) is 0 Å². The maximum Gasteiger partial charge on any atom is 0.323 e. The quantitative estimate of drug-likeness (QED) is 0.682. The van der Waals surface area contributed by atoms with Crippen LogP contribution >= 0.6 is 0 Å². The van der Waals surface area contributed by atoms with Crippen LogP contribution in [0.1, 0.15) is 19.8 Å². The monoisotopic (exact) mass is 205 g/mol. The van der Waals surface area contributed by atoms with Gasteiger partial charge in [0.25, 0.3) is 5.92 Å². The molecule has 1 heterocycles. The van der Waals surface area contributed by atoms with Gasteiger partial charge in [-0.25, -0.2) is 8.78 Å². The number of hydrogen-bond donors (Lipinski definition) is 1. The Morgan fingerprint density at radius 2 is 2.36 bits per heavy atom. The number of hydrogen-bond acceptors (Lipinski definition) is 3. The van der Waals surface area contributed by atoms with Crippen molar-refractivity contribution in [2.75, 3.05) is 6.61 Å². The Balaban J connectivity index is 2.06. The minimum atomic E-state index is -2.70. The van der Waals surface area contributed by atoms with Crippen molar-refractivity contribution in [3.05, 3.63) is 0 Å². The van der Waals surface area contributed by atoms with Crippen LogP contribution in [0.3, 0.4) is 0 Å². The second-order valence-corrected chi connectivity index (χ2v) is 3.90. The first-order valence-corrected chi connectivity index (χ1v) is 4.85. The van der Waals surface area contributed by atoms with Crippen molar-refractivity contribution in [3.8, 4) is 0 Å². The van der Waals surface area contributed by atoms with Gasteiger partial charge in [-0.1, -0.05) is 0 Å². The molecule has 1 aliphatic carbocycles. The van der Waals surface area contributed by atoms with Crippen LogP contribution in [0.25, 0.3) is 0 Å². The molecule has 5 heteroatoms. The Hall–Kier alpha value is -0.710. The molecule has 3 atom stereocenters. The van der Waals surface area contributed by atoms with Crippen molar-refractivity contribution in [3.63, 3.8) is 0 Å². The molecule has 0 amide bonds. The van der Waals surface area contributed by atoms with E-state index < -0.39 is 23.9 Å². The standard InChI is InChI=1S/C9H13F2NO2/c1-2-14-8(13)7-6-3-5(12-7)4-9(6,10)11/h5-7,12H,2-4H2,1H3/t5-,6+,7+/m1/s1. The molecule has 0 unspecified atom stereocenters. The summed E-state index contributed by atoms with van der Waals surface area (Å²) < 4.78 is 31.2. The van der Waals surface area contributed by atoms with Gasteiger partial charge in [-0.15, -0.1) is 0 Å². The van der Waals surface area contributed by atoms with Crippen LogP contribution in [0.2, 0.25) is 0 Å². The van der Waals surface area contributed by atoms with E-state index in [0.717, 1.165) is 0 Å². The van der Waals surface area contributed by atoms with Crippen LogP contribution in [0.15, 0.2) is 0 Å². The Labute approximate surface area is 80.8 Å². The molecule has 80 valence electrons. The van der Waals surface area contributed by atoms with E-state index >= 15 is 0 Å². The lowest BCUT2D eigenvalue weighted by atomic mass is 9.96. The summed E-state index contributed by atoms with van der Waals surface area (Å²) in [7, 11) is 0. The molecule has 2 aliphatic rings. The minimum Gasteiger partial charge on any atom is -0.465 e. The number of esters is 1. The van der Waals surface area contributed by atoms with Crippen LogP contribution in [0.4, 0.5) is 8.78 Å².